The highest BCUT2D eigenvalue weighted by Gasteiger charge is 2.41. The lowest BCUT2D eigenvalue weighted by Gasteiger charge is -2.33. The second kappa shape index (κ2) is 8.09. The van der Waals surface area contributed by atoms with Crippen LogP contribution in [0.2, 0.25) is 0 Å². The third kappa shape index (κ3) is 3.79. The molecule has 29 heavy (non-hydrogen) atoms. The fourth-order valence-corrected chi connectivity index (χ4v) is 3.36. The van der Waals surface area contributed by atoms with Gasteiger partial charge in [-0.2, -0.15) is 0 Å². The van der Waals surface area contributed by atoms with Gasteiger partial charge in [-0.3, -0.25) is 19.6 Å². The number of aromatic hydroxyl groups is 1. The fraction of sp³-hybridized carbons (Fsp3) is 0.250. The standard InChI is InChI=1S/C20H21N3O6/c1-4-8-29-19(26)14-10(3)21-17-16(18(25)23-20(27)22-17)15(14)11-6-7-12(24)13(9-11)28-5-2/h4,6-7,9,14-15,24H,1,3,5,8H2,2H3,(H3,21,22,23,25,27)/t14-,15+/m0/s1. The number of rotatable bonds is 6. The normalized spacial score (nSPS) is 17.8. The smallest absolute Gasteiger partial charge is 0.327 e. The molecule has 9 heteroatoms. The van der Waals surface area contributed by atoms with Crippen LogP contribution >= 0.6 is 0 Å². The number of aromatic amines is 2. The largest absolute Gasteiger partial charge is 0.504 e. The SMILES string of the molecule is C=CCOC(=O)[C@H]1C(=C)Nc2[nH]c(=O)[nH]c(=O)c2[C@@H]1c1ccc(O)c(OCC)c1. The molecule has 0 radical (unpaired) electrons. The number of hydrogen-bond acceptors (Lipinski definition) is 7. The predicted octanol–water partition coefficient (Wildman–Crippen LogP) is 1.58. The number of nitrogens with one attached hydrogen (secondary N) is 3. The molecule has 0 unspecified atom stereocenters. The Morgan fingerprint density at radius 2 is 2.07 bits per heavy atom. The Morgan fingerprint density at radius 1 is 1.31 bits per heavy atom. The minimum absolute atomic E-state index is 0.00998. The molecular weight excluding hydrogens is 378 g/mol. The molecule has 9 nitrogen and oxygen atoms in total. The van der Waals surface area contributed by atoms with E-state index in [1.807, 2.05) is 0 Å². The fourth-order valence-electron chi connectivity index (χ4n) is 3.36. The van der Waals surface area contributed by atoms with E-state index in [4.69, 9.17) is 9.47 Å². The monoisotopic (exact) mass is 399 g/mol. The summed E-state index contributed by atoms with van der Waals surface area (Å²) in [6, 6.07) is 4.53. The first-order chi connectivity index (χ1) is 13.9. The number of fused-ring (bicyclic) bond motifs is 1. The van der Waals surface area contributed by atoms with Gasteiger partial charge in [0.05, 0.1) is 12.2 Å². The van der Waals surface area contributed by atoms with E-state index in [1.165, 1.54) is 12.1 Å². The van der Waals surface area contributed by atoms with Crippen LogP contribution in [0.1, 0.15) is 24.0 Å². The average molecular weight is 399 g/mol. The van der Waals surface area contributed by atoms with Crippen molar-refractivity contribution in [2.75, 3.05) is 18.5 Å². The van der Waals surface area contributed by atoms with Crippen LogP contribution in [0.25, 0.3) is 0 Å². The van der Waals surface area contributed by atoms with Crippen molar-refractivity contribution in [1.82, 2.24) is 9.97 Å². The molecule has 0 amide bonds. The topological polar surface area (TPSA) is 134 Å². The van der Waals surface area contributed by atoms with E-state index in [9.17, 15) is 19.5 Å². The lowest BCUT2D eigenvalue weighted by molar-refractivity contribution is -0.146. The van der Waals surface area contributed by atoms with Crippen molar-refractivity contribution in [2.45, 2.75) is 12.8 Å². The van der Waals surface area contributed by atoms with Crippen molar-refractivity contribution in [3.63, 3.8) is 0 Å². The third-order valence-corrected chi connectivity index (χ3v) is 4.53. The summed E-state index contributed by atoms with van der Waals surface area (Å²) in [5.41, 5.74) is -0.440. The summed E-state index contributed by atoms with van der Waals surface area (Å²) in [6.07, 6.45) is 1.43. The Morgan fingerprint density at radius 3 is 2.76 bits per heavy atom. The summed E-state index contributed by atoms with van der Waals surface area (Å²) in [6.45, 7) is 9.47. The Balaban J connectivity index is 2.22. The number of aromatic nitrogens is 2. The maximum absolute atomic E-state index is 12.8. The van der Waals surface area contributed by atoms with E-state index < -0.39 is 29.1 Å². The van der Waals surface area contributed by atoms with E-state index in [0.29, 0.717) is 12.2 Å². The predicted molar refractivity (Wildman–Crippen MR) is 106 cm³/mol. The first-order valence-corrected chi connectivity index (χ1v) is 8.92. The molecule has 1 aromatic heterocycles. The number of phenolic OH excluding ortho intramolecular Hbond substituents is 1. The van der Waals surface area contributed by atoms with Crippen molar-refractivity contribution in [2.24, 2.45) is 5.92 Å². The Kier molecular flexibility index (Phi) is 5.58. The van der Waals surface area contributed by atoms with Gasteiger partial charge in [-0.05, 0) is 24.6 Å². The molecular formula is C20H21N3O6. The number of hydrogen-bond donors (Lipinski definition) is 4. The zero-order valence-electron chi connectivity index (χ0n) is 15.8. The van der Waals surface area contributed by atoms with Gasteiger partial charge in [0.15, 0.2) is 11.5 Å². The van der Waals surface area contributed by atoms with Crippen molar-refractivity contribution < 1.29 is 19.4 Å². The number of esters is 1. The first kappa shape index (κ1) is 20.0. The Hall–Kier alpha value is -3.75. The highest BCUT2D eigenvalue weighted by Crippen LogP contribution is 2.43. The summed E-state index contributed by atoms with van der Waals surface area (Å²) >= 11 is 0. The molecule has 2 atom stereocenters. The number of H-pyrrole nitrogens is 2. The number of phenols is 1. The molecule has 0 spiro atoms. The van der Waals surface area contributed by atoms with E-state index in [0.717, 1.165) is 0 Å². The summed E-state index contributed by atoms with van der Waals surface area (Å²) in [7, 11) is 0. The molecule has 1 aliphatic rings. The number of carbonyl (C=O) groups excluding carboxylic acids is 1. The molecule has 152 valence electrons. The zero-order chi connectivity index (χ0) is 21.1. The lowest BCUT2D eigenvalue weighted by Crippen LogP contribution is -2.40. The van der Waals surface area contributed by atoms with Gasteiger partial charge in [-0.25, -0.2) is 4.79 Å². The molecule has 0 fully saturated rings. The van der Waals surface area contributed by atoms with Crippen LogP contribution in [0.3, 0.4) is 0 Å². The Labute approximate surface area is 165 Å². The van der Waals surface area contributed by atoms with Crippen molar-refractivity contribution >= 4 is 11.8 Å². The van der Waals surface area contributed by atoms with E-state index in [2.05, 4.69) is 28.4 Å². The highest BCUT2D eigenvalue weighted by atomic mass is 16.5. The van der Waals surface area contributed by atoms with Gasteiger partial charge in [-0.1, -0.05) is 25.3 Å². The summed E-state index contributed by atoms with van der Waals surface area (Å²) in [5.74, 6) is -2.15. The van der Waals surface area contributed by atoms with Crippen molar-refractivity contribution in [1.29, 1.82) is 0 Å². The van der Waals surface area contributed by atoms with Crippen LogP contribution in [-0.2, 0) is 9.53 Å². The van der Waals surface area contributed by atoms with Crippen LogP contribution in [-0.4, -0.2) is 34.3 Å². The van der Waals surface area contributed by atoms with Crippen LogP contribution in [0.4, 0.5) is 5.82 Å². The molecule has 0 saturated carbocycles. The van der Waals surface area contributed by atoms with Crippen LogP contribution in [0.5, 0.6) is 11.5 Å². The minimum Gasteiger partial charge on any atom is -0.504 e. The minimum atomic E-state index is -0.964. The zero-order valence-corrected chi connectivity index (χ0v) is 15.8. The highest BCUT2D eigenvalue weighted by molar-refractivity contribution is 5.81. The molecule has 0 aliphatic carbocycles. The van der Waals surface area contributed by atoms with Crippen molar-refractivity contribution in [3.05, 3.63) is 75.1 Å². The van der Waals surface area contributed by atoms with E-state index in [-0.39, 0.29) is 35.2 Å². The molecule has 0 bridgehead atoms. The van der Waals surface area contributed by atoms with Gasteiger partial charge in [0.2, 0.25) is 0 Å². The van der Waals surface area contributed by atoms with Crippen LogP contribution in [0, 0.1) is 5.92 Å². The maximum atomic E-state index is 12.8. The molecule has 0 saturated heterocycles. The molecule has 1 aromatic carbocycles. The summed E-state index contributed by atoms with van der Waals surface area (Å²) in [5, 5.41) is 12.8. The molecule has 4 N–H and O–H groups in total. The Bertz CT molecular complexity index is 1080. The average Bonchev–Trinajstić information content (AvgIpc) is 2.66. The quantitative estimate of drug-likeness (QED) is 0.428. The van der Waals surface area contributed by atoms with Gasteiger partial charge in [-0.15, -0.1) is 0 Å². The van der Waals surface area contributed by atoms with E-state index in [1.54, 1.807) is 19.1 Å². The summed E-state index contributed by atoms with van der Waals surface area (Å²) in [4.78, 5) is 41.8. The van der Waals surface area contributed by atoms with Gasteiger partial charge in [0.1, 0.15) is 18.3 Å². The van der Waals surface area contributed by atoms with Gasteiger partial charge in [0.25, 0.3) is 5.56 Å². The molecule has 2 heterocycles. The second-order valence-electron chi connectivity index (χ2n) is 6.38. The number of ether oxygens (including phenoxy) is 2. The van der Waals surface area contributed by atoms with Gasteiger partial charge < -0.3 is 19.9 Å². The maximum Gasteiger partial charge on any atom is 0.327 e. The number of anilines is 1. The summed E-state index contributed by atoms with van der Waals surface area (Å²) < 4.78 is 10.6. The molecule has 2 aromatic rings. The number of benzene rings is 1. The van der Waals surface area contributed by atoms with E-state index >= 15 is 0 Å². The lowest BCUT2D eigenvalue weighted by atomic mass is 9.77. The molecule has 1 aliphatic heterocycles. The van der Waals surface area contributed by atoms with Crippen LogP contribution in [0.15, 0.2) is 52.7 Å². The third-order valence-electron chi connectivity index (χ3n) is 4.53. The number of carbonyl (C=O) groups is 1. The second-order valence-corrected chi connectivity index (χ2v) is 6.38. The van der Waals surface area contributed by atoms with Crippen LogP contribution < -0.4 is 21.3 Å². The molecule has 3 rings (SSSR count). The van der Waals surface area contributed by atoms with Gasteiger partial charge >= 0.3 is 11.7 Å². The van der Waals surface area contributed by atoms with Crippen molar-refractivity contribution in [3.8, 4) is 11.5 Å². The van der Waals surface area contributed by atoms with Gasteiger partial charge in [0, 0.05) is 11.6 Å². The first-order valence-electron chi connectivity index (χ1n) is 8.92.